The van der Waals surface area contributed by atoms with Gasteiger partial charge in [0.2, 0.25) is 23.7 Å². The molecule has 3 atom stereocenters. The molecule has 0 unspecified atom stereocenters. The lowest BCUT2D eigenvalue weighted by Gasteiger charge is -2.24. The summed E-state index contributed by atoms with van der Waals surface area (Å²) in [7, 11) is 0. The number of nitrogens with zero attached hydrogens (tertiary/aromatic N) is 5. The van der Waals surface area contributed by atoms with E-state index in [-0.39, 0.29) is 96.4 Å². The van der Waals surface area contributed by atoms with Crippen molar-refractivity contribution in [1.29, 1.82) is 0 Å². The zero-order valence-corrected chi connectivity index (χ0v) is 37.9. The first kappa shape index (κ1) is 51.4. The van der Waals surface area contributed by atoms with Crippen LogP contribution in [0.3, 0.4) is 0 Å². The minimum atomic E-state index is -1.43. The SMILES string of the molecule is CC(C)[C@H](NC(=O)CCCCCN1C(=O)C=CC1=O)C(=O)N[C@@H](C)C(=O)Nc1ccc(C(=O)O)c(C(=O)NCCC[C@H](NC(=O)c2ccc(NCc3cnc4nc(N)nc(N)c4n3)cc2)C(=O)O)c1. The molecular weight excluding hydrogens is 899 g/mol. The zero-order valence-electron chi connectivity index (χ0n) is 37.9. The number of hydrogen-bond acceptors (Lipinski definition) is 16. The lowest BCUT2D eigenvalue weighted by Crippen LogP contribution is -2.53. The number of aromatic nitrogens is 4. The molecule has 0 saturated heterocycles. The molecule has 0 bridgehead atoms. The molecule has 5 rings (SSSR count). The van der Waals surface area contributed by atoms with Crippen LogP contribution in [-0.2, 0) is 35.3 Å². The Labute approximate surface area is 394 Å². The summed E-state index contributed by atoms with van der Waals surface area (Å²) in [5.41, 5.74) is 12.7. The van der Waals surface area contributed by atoms with Crippen molar-refractivity contribution in [3.8, 4) is 0 Å². The molecule has 3 heterocycles. The van der Waals surface area contributed by atoms with Crippen LogP contribution in [0.5, 0.6) is 0 Å². The highest BCUT2D eigenvalue weighted by atomic mass is 16.4. The number of anilines is 4. The van der Waals surface area contributed by atoms with Gasteiger partial charge in [-0.1, -0.05) is 20.3 Å². The van der Waals surface area contributed by atoms with Gasteiger partial charge in [0, 0.05) is 48.6 Å². The molecule has 24 heteroatoms. The van der Waals surface area contributed by atoms with Gasteiger partial charge in [-0.3, -0.25) is 38.5 Å². The van der Waals surface area contributed by atoms with E-state index in [0.717, 1.165) is 17.0 Å². The Morgan fingerprint density at radius 3 is 2.12 bits per heavy atom. The van der Waals surface area contributed by atoms with Gasteiger partial charge in [0.15, 0.2) is 17.0 Å². The van der Waals surface area contributed by atoms with E-state index in [0.29, 0.717) is 36.2 Å². The van der Waals surface area contributed by atoms with E-state index in [1.54, 1.807) is 26.0 Å². The molecule has 12 N–H and O–H groups in total. The Morgan fingerprint density at radius 2 is 1.45 bits per heavy atom. The van der Waals surface area contributed by atoms with Crippen LogP contribution in [0, 0.1) is 5.92 Å². The summed E-state index contributed by atoms with van der Waals surface area (Å²) < 4.78 is 0. The smallest absolute Gasteiger partial charge is 0.336 e. The number of unbranched alkanes of at least 4 members (excludes halogenated alkanes) is 2. The largest absolute Gasteiger partial charge is 0.480 e. The number of imide groups is 1. The topological polar surface area (TPSA) is 373 Å². The van der Waals surface area contributed by atoms with E-state index >= 15 is 0 Å². The van der Waals surface area contributed by atoms with Crippen molar-refractivity contribution in [3.05, 3.63) is 83.2 Å². The second-order valence-electron chi connectivity index (χ2n) is 16.2. The third-order valence-electron chi connectivity index (χ3n) is 10.6. The maximum atomic E-state index is 13.2. The first-order valence-electron chi connectivity index (χ1n) is 21.8. The fourth-order valence-corrected chi connectivity index (χ4v) is 6.88. The molecule has 2 aromatic carbocycles. The Balaban J connectivity index is 1.06. The highest BCUT2D eigenvalue weighted by Crippen LogP contribution is 2.19. The van der Waals surface area contributed by atoms with Crippen molar-refractivity contribution in [1.82, 2.24) is 46.1 Å². The summed E-state index contributed by atoms with van der Waals surface area (Å²) in [6.07, 6.45) is 5.46. The monoisotopic (exact) mass is 951 g/mol. The Hall–Kier alpha value is -8.57. The summed E-state index contributed by atoms with van der Waals surface area (Å²) >= 11 is 0. The molecule has 24 nitrogen and oxygen atoms in total. The maximum absolute atomic E-state index is 13.2. The molecule has 4 aromatic rings. The van der Waals surface area contributed by atoms with Crippen LogP contribution in [-0.4, -0.2) is 120 Å². The zero-order chi connectivity index (χ0) is 50.4. The molecule has 0 aliphatic carbocycles. The Morgan fingerprint density at radius 1 is 0.754 bits per heavy atom. The minimum Gasteiger partial charge on any atom is -0.480 e. The van der Waals surface area contributed by atoms with Gasteiger partial charge in [0.25, 0.3) is 23.6 Å². The molecule has 364 valence electrons. The van der Waals surface area contributed by atoms with Crippen molar-refractivity contribution < 1.29 is 53.4 Å². The van der Waals surface area contributed by atoms with Crippen molar-refractivity contribution >= 4 is 87.6 Å². The van der Waals surface area contributed by atoms with E-state index in [1.165, 1.54) is 43.5 Å². The van der Waals surface area contributed by atoms with Crippen LogP contribution in [0.4, 0.5) is 23.1 Å². The van der Waals surface area contributed by atoms with Crippen molar-refractivity contribution in [2.45, 2.75) is 84.0 Å². The number of fused-ring (bicyclic) bond motifs is 1. The number of nitrogens with one attached hydrogen (secondary N) is 6. The fraction of sp³-hybridized carbons (Fsp3) is 0.356. The van der Waals surface area contributed by atoms with E-state index in [2.05, 4.69) is 51.8 Å². The van der Waals surface area contributed by atoms with Gasteiger partial charge in [-0.05, 0) is 81.0 Å². The lowest BCUT2D eigenvalue weighted by molar-refractivity contribution is -0.139. The van der Waals surface area contributed by atoms with E-state index in [4.69, 9.17) is 11.5 Å². The van der Waals surface area contributed by atoms with Crippen LogP contribution < -0.4 is 43.4 Å². The third kappa shape index (κ3) is 14.5. The molecule has 1 aliphatic rings. The second kappa shape index (κ2) is 23.7. The minimum absolute atomic E-state index is 0.0255. The summed E-state index contributed by atoms with van der Waals surface area (Å²) in [6.45, 7) is 5.19. The molecule has 0 fully saturated rings. The normalized spacial score (nSPS) is 13.4. The van der Waals surface area contributed by atoms with Crippen molar-refractivity contribution in [2.75, 3.05) is 35.2 Å². The standard InChI is InChI=1S/C45H53N13O11/c1-23(2)35(55-32(59)9-5-4-6-19-58-33(60)16-17-34(58)61)42(65)51-24(3)39(62)53-27-14-15-29(43(66)67)30(20-27)41(64)48-18-7-8-31(44(68)69)54-40(63)25-10-12-26(13-11-25)49-21-28-22-50-38-36(52-28)37(46)56-45(47)57-38/h10-17,20,22-24,31,35,49H,4-9,18-19,21H2,1-3H3,(H,48,64)(H,51,65)(H,53,62)(H,54,63)(H,55,59)(H,66,67)(H,68,69)(H4,46,47,50,56,57)/t24-,31-,35-/m0/s1. The number of carboxylic acids is 2. The Kier molecular flexibility index (Phi) is 17.7. The number of carbonyl (C=O) groups is 9. The first-order valence-corrected chi connectivity index (χ1v) is 21.8. The molecule has 69 heavy (non-hydrogen) atoms. The van der Waals surface area contributed by atoms with Crippen molar-refractivity contribution in [2.24, 2.45) is 5.92 Å². The maximum Gasteiger partial charge on any atom is 0.336 e. The molecule has 7 amide bonds. The molecule has 2 aromatic heterocycles. The van der Waals surface area contributed by atoms with E-state index in [9.17, 15) is 53.4 Å². The molecule has 1 aliphatic heterocycles. The number of hydrogen-bond donors (Lipinski definition) is 10. The van der Waals surface area contributed by atoms with Gasteiger partial charge in [-0.25, -0.2) is 19.6 Å². The van der Waals surface area contributed by atoms with E-state index < -0.39 is 59.6 Å². The highest BCUT2D eigenvalue weighted by Gasteiger charge is 2.28. The number of rotatable bonds is 24. The number of nitrogens with two attached hydrogens (primary N) is 2. The van der Waals surface area contributed by atoms with Gasteiger partial charge in [-0.15, -0.1) is 0 Å². The van der Waals surface area contributed by atoms with Gasteiger partial charge in [0.1, 0.15) is 18.1 Å². The first-order chi connectivity index (χ1) is 32.8. The summed E-state index contributed by atoms with van der Waals surface area (Å²) in [5.74, 6) is -7.05. The lowest BCUT2D eigenvalue weighted by atomic mass is 10.0. The highest BCUT2D eigenvalue weighted by molar-refractivity contribution is 6.13. The number of carbonyl (C=O) groups excluding carboxylic acids is 7. The molecule has 0 saturated carbocycles. The third-order valence-corrected chi connectivity index (χ3v) is 10.6. The molecule has 0 radical (unpaired) electrons. The van der Waals surface area contributed by atoms with Gasteiger partial charge < -0.3 is 53.6 Å². The van der Waals surface area contributed by atoms with Gasteiger partial charge in [0.05, 0.1) is 29.6 Å². The summed E-state index contributed by atoms with van der Waals surface area (Å²) in [5, 5.41) is 35.6. The number of aromatic carboxylic acids is 1. The summed E-state index contributed by atoms with van der Waals surface area (Å²) in [6, 6.07) is 6.27. The summed E-state index contributed by atoms with van der Waals surface area (Å²) in [4.78, 5) is 130. The number of aliphatic carboxylic acids is 1. The predicted molar refractivity (Wildman–Crippen MR) is 249 cm³/mol. The Bertz CT molecular complexity index is 2640. The van der Waals surface area contributed by atoms with Crippen LogP contribution >= 0.6 is 0 Å². The number of amides is 7. The molecular formula is C45H53N13O11. The number of benzene rings is 2. The van der Waals surface area contributed by atoms with Crippen LogP contribution in [0.15, 0.2) is 60.8 Å². The van der Waals surface area contributed by atoms with Crippen molar-refractivity contribution in [3.63, 3.8) is 0 Å². The fourth-order valence-electron chi connectivity index (χ4n) is 6.88. The second-order valence-corrected chi connectivity index (χ2v) is 16.2. The van der Waals surface area contributed by atoms with E-state index in [1.807, 2.05) is 0 Å². The van der Waals surface area contributed by atoms with Crippen LogP contribution in [0.2, 0.25) is 0 Å². The average Bonchev–Trinajstić information content (AvgIpc) is 3.63. The van der Waals surface area contributed by atoms with Gasteiger partial charge >= 0.3 is 11.9 Å². The quantitative estimate of drug-likeness (QED) is 0.0350. The van der Waals surface area contributed by atoms with Gasteiger partial charge in [-0.2, -0.15) is 9.97 Å². The average molecular weight is 952 g/mol. The number of carboxylic acid groups (broad SMARTS) is 2. The van der Waals surface area contributed by atoms with Crippen LogP contribution in [0.25, 0.3) is 11.2 Å². The van der Waals surface area contributed by atoms with Crippen LogP contribution in [0.1, 0.15) is 96.1 Å². The molecule has 0 spiro atoms. The number of nitrogen functional groups attached to an aromatic ring is 2. The predicted octanol–water partition coefficient (Wildman–Crippen LogP) is 1.36.